The average Bonchev–Trinajstić information content (AvgIpc) is 3.14. The molecule has 4 rings (SSSR count). The molecule has 1 atom stereocenters. The van der Waals surface area contributed by atoms with E-state index in [-0.39, 0.29) is 23.9 Å². The van der Waals surface area contributed by atoms with Gasteiger partial charge in [0.05, 0.1) is 18.2 Å². The minimum absolute atomic E-state index is 0.0489. The zero-order chi connectivity index (χ0) is 14.9. The van der Waals surface area contributed by atoms with Crippen LogP contribution in [0.15, 0.2) is 23.2 Å². The summed E-state index contributed by atoms with van der Waals surface area (Å²) in [5.41, 5.74) is 2.12. The third-order valence-electron chi connectivity index (χ3n) is 4.34. The summed E-state index contributed by atoms with van der Waals surface area (Å²) in [7, 11) is 0. The van der Waals surface area contributed by atoms with E-state index in [0.29, 0.717) is 29.6 Å². The number of carbonyl (C=O) groups is 2. The summed E-state index contributed by atoms with van der Waals surface area (Å²) >= 11 is 0. The van der Waals surface area contributed by atoms with Gasteiger partial charge in [0.1, 0.15) is 12.9 Å². The fourth-order valence-electron chi connectivity index (χ4n) is 2.96. The van der Waals surface area contributed by atoms with Crippen molar-refractivity contribution >= 4 is 11.8 Å². The van der Waals surface area contributed by atoms with E-state index in [1.807, 2.05) is 19.9 Å². The maximum absolute atomic E-state index is 12.6. The fraction of sp³-hybridized carbons (Fsp3) is 0.571. The second-order valence-electron chi connectivity index (χ2n) is 6.12. The van der Waals surface area contributed by atoms with Gasteiger partial charge in [0.2, 0.25) is 0 Å². The highest BCUT2D eigenvalue weighted by atomic mass is 16.2. The van der Waals surface area contributed by atoms with Gasteiger partial charge in [-0.25, -0.2) is 10.4 Å². The van der Waals surface area contributed by atoms with Gasteiger partial charge in [-0.2, -0.15) is 0 Å². The maximum Gasteiger partial charge on any atom is 0.274 e. The van der Waals surface area contributed by atoms with Crippen molar-refractivity contribution in [1.82, 2.24) is 20.6 Å². The molecule has 106 valence electrons. The number of hydrazine groups is 1. The predicted octanol–water partition coefficient (Wildman–Crippen LogP) is 0.0611. The molecule has 1 saturated carbocycles. The normalized spacial score (nSPS) is 30.6. The molecule has 2 amide bonds. The van der Waals surface area contributed by atoms with Crippen molar-refractivity contribution in [2.24, 2.45) is 5.92 Å². The van der Waals surface area contributed by atoms with Crippen LogP contribution in [0.5, 0.6) is 0 Å². The van der Waals surface area contributed by atoms with Crippen molar-refractivity contribution in [3.8, 4) is 0 Å². The van der Waals surface area contributed by atoms with Crippen molar-refractivity contribution in [3.63, 3.8) is 0 Å². The number of rotatable bonds is 2. The molecule has 1 aliphatic carbocycles. The Labute approximate surface area is 118 Å². The Morgan fingerprint density at radius 1 is 1.35 bits per heavy atom. The van der Waals surface area contributed by atoms with Crippen LogP contribution in [0.4, 0.5) is 0 Å². The van der Waals surface area contributed by atoms with Crippen LogP contribution in [0.3, 0.4) is 0 Å². The number of hydrogen-bond acceptors (Lipinski definition) is 4. The smallest absolute Gasteiger partial charge is 0.274 e. The molecule has 2 N–H and O–H groups in total. The molecule has 6 nitrogen and oxygen atoms in total. The number of carbonyl (C=O) groups excluding carboxylic acids is 2. The highest BCUT2D eigenvalue weighted by molar-refractivity contribution is 6.10. The van der Waals surface area contributed by atoms with Crippen molar-refractivity contribution in [2.75, 3.05) is 6.54 Å². The van der Waals surface area contributed by atoms with E-state index in [1.54, 1.807) is 4.90 Å². The number of fused-ring (bicyclic) bond motifs is 1. The second kappa shape index (κ2) is 3.85. The summed E-state index contributed by atoms with van der Waals surface area (Å²) in [5.74, 6) is 0.641. The molecule has 0 saturated heterocycles. The summed E-state index contributed by atoms with van der Waals surface area (Å²) in [4.78, 5) is 26.7. The summed E-state index contributed by atoms with van der Waals surface area (Å²) < 4.78 is 8.18. The molecular weight excluding hydrogens is 256 g/mol. The van der Waals surface area contributed by atoms with Gasteiger partial charge in [-0.1, -0.05) is 0 Å². The van der Waals surface area contributed by atoms with E-state index >= 15 is 0 Å². The molecule has 0 aromatic rings. The monoisotopic (exact) mass is 275 g/mol. The van der Waals surface area contributed by atoms with Gasteiger partial charge < -0.3 is 10.2 Å². The lowest BCUT2D eigenvalue weighted by Gasteiger charge is -2.27. The third-order valence-corrected chi connectivity index (χ3v) is 4.34. The molecule has 3 aliphatic heterocycles. The van der Waals surface area contributed by atoms with Gasteiger partial charge in [-0.3, -0.25) is 9.59 Å². The Kier molecular flexibility index (Phi) is 2.10. The third kappa shape index (κ3) is 1.54. The molecule has 1 fully saturated rings. The van der Waals surface area contributed by atoms with Crippen LogP contribution in [0.25, 0.3) is 0 Å². The van der Waals surface area contributed by atoms with E-state index in [4.69, 9.17) is 1.41 Å². The maximum atomic E-state index is 12.6. The van der Waals surface area contributed by atoms with Gasteiger partial charge in [-0.15, -0.1) is 0 Å². The number of amides is 2. The highest BCUT2D eigenvalue weighted by Gasteiger charge is 2.46. The summed E-state index contributed by atoms with van der Waals surface area (Å²) in [6, 6.07) is -0.0133. The highest BCUT2D eigenvalue weighted by Crippen LogP contribution is 2.37. The minimum Gasteiger partial charge on any atom is -0.336 e. The Balaban J connectivity index is 1.67. The van der Waals surface area contributed by atoms with E-state index in [9.17, 15) is 9.59 Å². The topological polar surface area (TPSA) is 64.7 Å². The largest absolute Gasteiger partial charge is 0.336 e. The fourth-order valence-corrected chi connectivity index (χ4v) is 2.96. The lowest BCUT2D eigenvalue weighted by atomic mass is 10.1. The van der Waals surface area contributed by atoms with Crippen LogP contribution in [0.2, 0.25) is 1.41 Å². The first-order valence-electron chi connectivity index (χ1n) is 7.59. The van der Waals surface area contributed by atoms with Crippen molar-refractivity contribution in [3.05, 3.63) is 23.2 Å². The lowest BCUT2D eigenvalue weighted by Crippen LogP contribution is -2.48. The number of nitrogens with one attached hydrogen (secondary N) is 2. The molecule has 20 heavy (non-hydrogen) atoms. The minimum atomic E-state index is -0.246. The lowest BCUT2D eigenvalue weighted by molar-refractivity contribution is -0.129. The first kappa shape index (κ1) is 10.9. The molecule has 6 heteroatoms. The molecule has 3 heterocycles. The quantitative estimate of drug-likeness (QED) is 0.748. The number of nitrogens with zero attached hydrogens (tertiary/aromatic N) is 2. The standard InChI is InChI=1S/C14H18N4O2/c1-7(2)17-6-9-12(14(17)20)15-11-5-10(8-3-4-8)16-18(11)13(9)19/h5,7-8,10,15-16H,3-4,6H2,1-2H3/i/hD. The van der Waals surface area contributed by atoms with Gasteiger partial charge in [0.15, 0.2) is 0 Å². The van der Waals surface area contributed by atoms with E-state index in [0.717, 1.165) is 12.8 Å². The van der Waals surface area contributed by atoms with Crippen molar-refractivity contribution < 1.29 is 11.0 Å². The molecule has 0 spiro atoms. The van der Waals surface area contributed by atoms with Gasteiger partial charge in [0.25, 0.3) is 11.8 Å². The van der Waals surface area contributed by atoms with E-state index in [2.05, 4.69) is 5.32 Å². The first-order valence-corrected chi connectivity index (χ1v) is 7.14. The molecule has 0 aromatic heterocycles. The van der Waals surface area contributed by atoms with Gasteiger partial charge >= 0.3 is 0 Å². The van der Waals surface area contributed by atoms with Crippen LogP contribution < -0.4 is 10.7 Å². The Bertz CT molecular complexity index is 608. The molecular formula is C14H18N4O2. The first-order chi connectivity index (χ1) is 9.99. The zero-order valence-electron chi connectivity index (χ0n) is 12.6. The van der Waals surface area contributed by atoms with Crippen molar-refractivity contribution in [1.29, 1.82) is 0 Å². The Morgan fingerprint density at radius 2 is 2.10 bits per heavy atom. The number of hydrogen-bond donors (Lipinski definition) is 2. The zero-order valence-corrected chi connectivity index (χ0v) is 11.6. The summed E-state index contributed by atoms with van der Waals surface area (Å²) in [6.07, 6.45) is 4.09. The van der Waals surface area contributed by atoms with Crippen LogP contribution in [0, 0.1) is 5.92 Å². The molecule has 0 aromatic carbocycles. The van der Waals surface area contributed by atoms with Crippen LogP contribution >= 0.6 is 0 Å². The van der Waals surface area contributed by atoms with Gasteiger partial charge in [0, 0.05) is 6.04 Å². The molecule has 0 radical (unpaired) electrons. The van der Waals surface area contributed by atoms with E-state index < -0.39 is 0 Å². The summed E-state index contributed by atoms with van der Waals surface area (Å²) in [6.45, 7) is 4.19. The van der Waals surface area contributed by atoms with Gasteiger partial charge in [-0.05, 0) is 38.7 Å². The average molecular weight is 275 g/mol. The van der Waals surface area contributed by atoms with Crippen molar-refractivity contribution in [2.45, 2.75) is 38.8 Å². The molecule has 1 unspecified atom stereocenters. The summed E-state index contributed by atoms with van der Waals surface area (Å²) in [5, 5.41) is 4.44. The van der Waals surface area contributed by atoms with Crippen LogP contribution in [-0.2, 0) is 9.59 Å². The Hall–Kier alpha value is -1.82. The Morgan fingerprint density at radius 3 is 2.75 bits per heavy atom. The second-order valence-corrected chi connectivity index (χ2v) is 6.12. The molecule has 4 aliphatic rings. The predicted molar refractivity (Wildman–Crippen MR) is 71.6 cm³/mol. The SMILES string of the molecule is [2H]N1C(C2CC2)C=C2NC3=C(CN(C(C)C)C3=O)C(=O)N21. The van der Waals surface area contributed by atoms with E-state index in [1.165, 1.54) is 10.4 Å². The van der Waals surface area contributed by atoms with Crippen LogP contribution in [0.1, 0.15) is 26.7 Å². The van der Waals surface area contributed by atoms with Crippen LogP contribution in [-0.4, -0.2) is 40.4 Å². The molecule has 0 bridgehead atoms.